The number of hydrogen-bond donors (Lipinski definition) is 2. The summed E-state index contributed by atoms with van der Waals surface area (Å²) in [4.78, 5) is 21.1. The maximum Gasteiger partial charge on any atom is 0.150 e. The SMILES string of the molecule is O=Cc1ccc(C#Cc2ccc(C=O)cc2O)c(O)c1. The van der Waals surface area contributed by atoms with E-state index >= 15 is 0 Å². The average Bonchev–Trinajstić information content (AvgIpc) is 2.46. The van der Waals surface area contributed by atoms with Crippen LogP contribution in [-0.4, -0.2) is 22.8 Å². The number of rotatable bonds is 2. The third kappa shape index (κ3) is 2.85. The molecule has 4 heteroatoms. The van der Waals surface area contributed by atoms with Crippen molar-refractivity contribution in [3.63, 3.8) is 0 Å². The van der Waals surface area contributed by atoms with Gasteiger partial charge in [-0.05, 0) is 24.3 Å². The lowest BCUT2D eigenvalue weighted by atomic mass is 10.1. The minimum absolute atomic E-state index is 0.105. The van der Waals surface area contributed by atoms with Crippen molar-refractivity contribution in [1.82, 2.24) is 0 Å². The zero-order valence-electron chi connectivity index (χ0n) is 10.3. The fourth-order valence-corrected chi connectivity index (χ4v) is 1.59. The van der Waals surface area contributed by atoms with Crippen molar-refractivity contribution in [2.75, 3.05) is 0 Å². The van der Waals surface area contributed by atoms with Gasteiger partial charge in [-0.1, -0.05) is 24.0 Å². The van der Waals surface area contributed by atoms with E-state index in [1.807, 2.05) is 0 Å². The zero-order valence-corrected chi connectivity index (χ0v) is 10.3. The first kappa shape index (κ1) is 13.4. The molecule has 0 aliphatic carbocycles. The van der Waals surface area contributed by atoms with E-state index in [0.29, 0.717) is 34.8 Å². The molecule has 0 fully saturated rings. The van der Waals surface area contributed by atoms with Crippen LogP contribution >= 0.6 is 0 Å². The van der Waals surface area contributed by atoms with Crippen LogP contribution in [0.2, 0.25) is 0 Å². The van der Waals surface area contributed by atoms with Crippen molar-refractivity contribution >= 4 is 12.6 Å². The highest BCUT2D eigenvalue weighted by Gasteiger charge is 2.01. The monoisotopic (exact) mass is 266 g/mol. The van der Waals surface area contributed by atoms with Crippen LogP contribution in [0.4, 0.5) is 0 Å². The van der Waals surface area contributed by atoms with Gasteiger partial charge >= 0.3 is 0 Å². The number of carbonyl (C=O) groups excluding carboxylic acids is 2. The Labute approximate surface area is 115 Å². The second-order valence-corrected chi connectivity index (χ2v) is 4.04. The molecule has 98 valence electrons. The zero-order chi connectivity index (χ0) is 14.5. The smallest absolute Gasteiger partial charge is 0.150 e. The molecule has 2 N–H and O–H groups in total. The minimum atomic E-state index is -0.105. The lowest BCUT2D eigenvalue weighted by Crippen LogP contribution is -1.84. The van der Waals surface area contributed by atoms with E-state index < -0.39 is 0 Å². The maximum absolute atomic E-state index is 10.5. The Morgan fingerprint density at radius 1 is 0.750 bits per heavy atom. The number of benzene rings is 2. The van der Waals surface area contributed by atoms with Gasteiger partial charge in [0.2, 0.25) is 0 Å². The van der Waals surface area contributed by atoms with Crippen LogP contribution in [0.3, 0.4) is 0 Å². The summed E-state index contributed by atoms with van der Waals surface area (Å²) in [6.45, 7) is 0. The lowest BCUT2D eigenvalue weighted by Gasteiger charge is -1.99. The van der Waals surface area contributed by atoms with Crippen molar-refractivity contribution < 1.29 is 19.8 Å². The van der Waals surface area contributed by atoms with Crippen LogP contribution < -0.4 is 0 Å². The molecule has 0 saturated carbocycles. The van der Waals surface area contributed by atoms with Crippen molar-refractivity contribution in [1.29, 1.82) is 0 Å². The van der Waals surface area contributed by atoms with Crippen molar-refractivity contribution in [2.45, 2.75) is 0 Å². The van der Waals surface area contributed by atoms with Gasteiger partial charge in [0.1, 0.15) is 24.1 Å². The lowest BCUT2D eigenvalue weighted by molar-refractivity contribution is 0.111. The van der Waals surface area contributed by atoms with E-state index in [4.69, 9.17) is 0 Å². The highest BCUT2D eigenvalue weighted by Crippen LogP contribution is 2.19. The number of carbonyl (C=O) groups is 2. The van der Waals surface area contributed by atoms with Crippen LogP contribution in [0, 0.1) is 11.8 Å². The molecule has 0 atom stereocenters. The highest BCUT2D eigenvalue weighted by molar-refractivity contribution is 5.77. The van der Waals surface area contributed by atoms with Crippen LogP contribution in [0.1, 0.15) is 31.8 Å². The number of aromatic hydroxyl groups is 2. The number of phenolic OH excluding ortho intramolecular Hbond substituents is 2. The normalized spacial score (nSPS) is 9.40. The Bertz CT molecular complexity index is 674. The summed E-state index contributed by atoms with van der Waals surface area (Å²) in [5.74, 6) is 5.18. The van der Waals surface area contributed by atoms with Gasteiger partial charge in [0.15, 0.2) is 0 Å². The topological polar surface area (TPSA) is 74.6 Å². The second kappa shape index (κ2) is 5.72. The summed E-state index contributed by atoms with van der Waals surface area (Å²) in [7, 11) is 0. The van der Waals surface area contributed by atoms with Crippen LogP contribution in [-0.2, 0) is 0 Å². The average molecular weight is 266 g/mol. The van der Waals surface area contributed by atoms with E-state index in [0.717, 1.165) is 0 Å². The number of hydrogen-bond acceptors (Lipinski definition) is 4. The molecule has 0 radical (unpaired) electrons. The molecule has 0 bridgehead atoms. The molecule has 0 aliphatic heterocycles. The van der Waals surface area contributed by atoms with Crippen molar-refractivity contribution in [2.24, 2.45) is 0 Å². The van der Waals surface area contributed by atoms with Gasteiger partial charge in [-0.3, -0.25) is 9.59 Å². The molecule has 0 aliphatic rings. The predicted octanol–water partition coefficient (Wildman–Crippen LogP) is 2.12. The second-order valence-electron chi connectivity index (χ2n) is 4.04. The van der Waals surface area contributed by atoms with E-state index in [1.165, 1.54) is 36.4 Å². The fraction of sp³-hybridized carbons (Fsp3) is 0. The molecule has 0 heterocycles. The molecule has 0 amide bonds. The first-order valence-corrected chi connectivity index (χ1v) is 5.72. The minimum Gasteiger partial charge on any atom is -0.507 e. The summed E-state index contributed by atoms with van der Waals surface area (Å²) >= 11 is 0. The van der Waals surface area contributed by atoms with Gasteiger partial charge in [-0.2, -0.15) is 0 Å². The quantitative estimate of drug-likeness (QED) is 0.645. The Morgan fingerprint density at radius 2 is 1.15 bits per heavy atom. The van der Waals surface area contributed by atoms with Crippen LogP contribution in [0.15, 0.2) is 36.4 Å². The summed E-state index contributed by atoms with van der Waals surface area (Å²) in [6.07, 6.45) is 1.25. The van der Waals surface area contributed by atoms with Gasteiger partial charge in [0.05, 0.1) is 11.1 Å². The largest absolute Gasteiger partial charge is 0.507 e. The summed E-state index contributed by atoms with van der Waals surface area (Å²) < 4.78 is 0. The Balaban J connectivity index is 2.35. The van der Waals surface area contributed by atoms with Gasteiger partial charge in [0, 0.05) is 11.1 Å². The third-order valence-electron chi connectivity index (χ3n) is 2.65. The molecule has 0 saturated heterocycles. The maximum atomic E-state index is 10.5. The summed E-state index contributed by atoms with van der Waals surface area (Å²) in [5.41, 5.74) is 1.39. The molecule has 0 spiro atoms. The van der Waals surface area contributed by atoms with Crippen molar-refractivity contribution in [3.05, 3.63) is 58.7 Å². The van der Waals surface area contributed by atoms with Gasteiger partial charge in [-0.25, -0.2) is 0 Å². The first-order valence-electron chi connectivity index (χ1n) is 5.72. The van der Waals surface area contributed by atoms with Crippen molar-refractivity contribution in [3.8, 4) is 23.3 Å². The van der Waals surface area contributed by atoms with Gasteiger partial charge in [0.25, 0.3) is 0 Å². The third-order valence-corrected chi connectivity index (χ3v) is 2.65. The Hall–Kier alpha value is -3.06. The molecule has 2 rings (SSSR count). The Kier molecular flexibility index (Phi) is 3.82. The molecule has 2 aromatic carbocycles. The van der Waals surface area contributed by atoms with E-state index in [-0.39, 0.29) is 11.5 Å². The van der Waals surface area contributed by atoms with E-state index in [1.54, 1.807) is 0 Å². The molecular weight excluding hydrogens is 256 g/mol. The van der Waals surface area contributed by atoms with Crippen LogP contribution in [0.5, 0.6) is 11.5 Å². The molecule has 0 aromatic heterocycles. The molecule has 4 nitrogen and oxygen atoms in total. The fourth-order valence-electron chi connectivity index (χ4n) is 1.59. The highest BCUT2D eigenvalue weighted by atomic mass is 16.3. The van der Waals surface area contributed by atoms with Gasteiger partial charge < -0.3 is 10.2 Å². The van der Waals surface area contributed by atoms with E-state index in [2.05, 4.69) is 11.8 Å². The first-order chi connectivity index (χ1) is 9.63. The van der Waals surface area contributed by atoms with E-state index in [9.17, 15) is 19.8 Å². The summed E-state index contributed by atoms with van der Waals surface area (Å²) in [5, 5.41) is 19.4. The standard InChI is InChI=1S/C16H10O4/c17-9-11-1-3-13(15(19)7-11)5-6-14-4-2-12(10-18)8-16(14)20/h1-4,7-10,19-20H. The number of phenols is 2. The molecular formula is C16H10O4. The summed E-state index contributed by atoms with van der Waals surface area (Å²) in [6, 6.07) is 8.72. The Morgan fingerprint density at radius 3 is 1.45 bits per heavy atom. The number of aldehydes is 2. The van der Waals surface area contributed by atoms with Gasteiger partial charge in [-0.15, -0.1) is 0 Å². The predicted molar refractivity (Wildman–Crippen MR) is 73.0 cm³/mol. The molecule has 0 unspecified atom stereocenters. The molecule has 2 aromatic rings. The molecule has 20 heavy (non-hydrogen) atoms. The van der Waals surface area contributed by atoms with Crippen LogP contribution in [0.25, 0.3) is 0 Å².